The molecule has 18 heavy (non-hydrogen) atoms. The first-order chi connectivity index (χ1) is 8.22. The lowest BCUT2D eigenvalue weighted by atomic mass is 10.1. The van der Waals surface area contributed by atoms with Gasteiger partial charge >= 0.3 is 0 Å². The van der Waals surface area contributed by atoms with Crippen molar-refractivity contribution in [2.75, 3.05) is 18.9 Å². The van der Waals surface area contributed by atoms with E-state index in [1.807, 2.05) is 26.1 Å². The van der Waals surface area contributed by atoms with Gasteiger partial charge in [0.05, 0.1) is 17.4 Å². The van der Waals surface area contributed by atoms with E-state index in [-0.39, 0.29) is 18.3 Å². The number of aromatic nitrogens is 2. The molecule has 1 aromatic heterocycles. The summed E-state index contributed by atoms with van der Waals surface area (Å²) in [4.78, 5) is 11.6. The second-order valence-electron chi connectivity index (χ2n) is 3.99. The Bertz CT molecular complexity index is 538. The van der Waals surface area contributed by atoms with Crippen LogP contribution < -0.4 is 10.6 Å². The van der Waals surface area contributed by atoms with Gasteiger partial charge in [-0.2, -0.15) is 5.10 Å². The van der Waals surface area contributed by atoms with Crippen molar-refractivity contribution in [3.05, 3.63) is 23.9 Å². The normalized spacial score (nSPS) is 10.1. The lowest BCUT2D eigenvalue weighted by Crippen LogP contribution is -2.18. The topological polar surface area (TPSA) is 69.8 Å². The lowest BCUT2D eigenvalue weighted by molar-refractivity contribution is -0.116. The van der Waals surface area contributed by atoms with Crippen LogP contribution in [0.2, 0.25) is 0 Å². The number of benzene rings is 1. The number of carbonyl (C=O) groups excluding carboxylic acids is 1. The summed E-state index contributed by atoms with van der Waals surface area (Å²) in [6, 6.07) is 3.87. The Morgan fingerprint density at radius 2 is 2.22 bits per heavy atom. The zero-order valence-electron chi connectivity index (χ0n) is 10.4. The molecule has 2 aromatic rings. The Morgan fingerprint density at radius 1 is 1.44 bits per heavy atom. The van der Waals surface area contributed by atoms with Gasteiger partial charge in [0.1, 0.15) is 0 Å². The molecule has 5 nitrogen and oxygen atoms in total. The zero-order chi connectivity index (χ0) is 12.3. The number of nitrogens with zero attached hydrogens (tertiary/aromatic N) is 1. The molecule has 0 aliphatic carbocycles. The van der Waals surface area contributed by atoms with Crippen molar-refractivity contribution in [1.82, 2.24) is 15.5 Å². The molecule has 6 heteroatoms. The highest BCUT2D eigenvalue weighted by molar-refractivity contribution is 6.01. The van der Waals surface area contributed by atoms with Crippen molar-refractivity contribution in [2.45, 2.75) is 13.3 Å². The van der Waals surface area contributed by atoms with Gasteiger partial charge in [-0.05, 0) is 25.6 Å². The highest BCUT2D eigenvalue weighted by Gasteiger charge is 2.08. The molecule has 0 spiro atoms. The highest BCUT2D eigenvalue weighted by atomic mass is 35.5. The number of aromatic amines is 1. The van der Waals surface area contributed by atoms with Gasteiger partial charge in [0.15, 0.2) is 0 Å². The third-order valence-corrected chi connectivity index (χ3v) is 2.71. The lowest BCUT2D eigenvalue weighted by Gasteiger charge is -2.07. The Hall–Kier alpha value is -1.59. The fourth-order valence-corrected chi connectivity index (χ4v) is 1.73. The van der Waals surface area contributed by atoms with Crippen LogP contribution in [0.4, 0.5) is 5.69 Å². The van der Waals surface area contributed by atoms with Gasteiger partial charge in [0.25, 0.3) is 0 Å². The maximum absolute atomic E-state index is 11.6. The summed E-state index contributed by atoms with van der Waals surface area (Å²) >= 11 is 0. The quantitative estimate of drug-likeness (QED) is 0.792. The maximum Gasteiger partial charge on any atom is 0.225 e. The van der Waals surface area contributed by atoms with Crippen molar-refractivity contribution >= 4 is 34.9 Å². The first kappa shape index (κ1) is 14.5. The molecule has 2 rings (SSSR count). The standard InChI is InChI=1S/C12H16N4O.ClH/c1-8-3-4-10(12-9(8)7-14-16-12)15-11(17)5-6-13-2;/h3-4,7,13H,5-6H2,1-2H3,(H,14,16)(H,15,17);1H. The first-order valence-electron chi connectivity index (χ1n) is 5.59. The summed E-state index contributed by atoms with van der Waals surface area (Å²) in [6.45, 7) is 2.69. The molecule has 0 aliphatic rings. The van der Waals surface area contributed by atoms with Crippen molar-refractivity contribution in [2.24, 2.45) is 0 Å². The van der Waals surface area contributed by atoms with Gasteiger partial charge in [0, 0.05) is 18.4 Å². The van der Waals surface area contributed by atoms with Crippen LogP contribution in [-0.2, 0) is 4.79 Å². The smallest absolute Gasteiger partial charge is 0.225 e. The predicted molar refractivity (Wildman–Crippen MR) is 75.3 cm³/mol. The van der Waals surface area contributed by atoms with Crippen molar-refractivity contribution < 1.29 is 4.79 Å². The number of hydrogen-bond donors (Lipinski definition) is 3. The van der Waals surface area contributed by atoms with E-state index >= 15 is 0 Å². The molecule has 1 heterocycles. The molecule has 98 valence electrons. The molecule has 0 bridgehead atoms. The minimum absolute atomic E-state index is 0. The van der Waals surface area contributed by atoms with Crippen molar-refractivity contribution in [3.8, 4) is 0 Å². The molecule has 3 N–H and O–H groups in total. The minimum Gasteiger partial charge on any atom is -0.324 e. The van der Waals surface area contributed by atoms with Gasteiger partial charge < -0.3 is 10.6 Å². The SMILES string of the molecule is CNCCC(=O)Nc1ccc(C)c2cn[nH]c12.Cl. The number of anilines is 1. The minimum atomic E-state index is -0.000830. The van der Waals surface area contributed by atoms with E-state index in [1.165, 1.54) is 0 Å². The van der Waals surface area contributed by atoms with Crippen LogP contribution in [0, 0.1) is 6.92 Å². The van der Waals surface area contributed by atoms with Crippen molar-refractivity contribution in [3.63, 3.8) is 0 Å². The predicted octanol–water partition coefficient (Wildman–Crippen LogP) is 1.84. The van der Waals surface area contributed by atoms with Gasteiger partial charge in [0.2, 0.25) is 5.91 Å². The number of hydrogen-bond acceptors (Lipinski definition) is 3. The first-order valence-corrected chi connectivity index (χ1v) is 5.59. The number of H-pyrrole nitrogens is 1. The van der Waals surface area contributed by atoms with Crippen LogP contribution in [0.15, 0.2) is 18.3 Å². The summed E-state index contributed by atoms with van der Waals surface area (Å²) in [5, 5.41) is 13.8. The van der Waals surface area contributed by atoms with E-state index < -0.39 is 0 Å². The molecular weight excluding hydrogens is 252 g/mol. The molecular formula is C12H17ClN4O. The van der Waals surface area contributed by atoms with Crippen LogP contribution in [0.25, 0.3) is 10.9 Å². The van der Waals surface area contributed by atoms with E-state index in [0.29, 0.717) is 13.0 Å². The number of aryl methyl sites for hydroxylation is 1. The second-order valence-corrected chi connectivity index (χ2v) is 3.99. The summed E-state index contributed by atoms with van der Waals surface area (Å²) in [7, 11) is 1.83. The average Bonchev–Trinajstić information content (AvgIpc) is 2.80. The van der Waals surface area contributed by atoms with Gasteiger partial charge in [-0.25, -0.2) is 0 Å². The number of fused-ring (bicyclic) bond motifs is 1. The average molecular weight is 269 g/mol. The Morgan fingerprint density at radius 3 is 2.94 bits per heavy atom. The number of rotatable bonds is 4. The molecule has 0 unspecified atom stereocenters. The van der Waals surface area contributed by atoms with Gasteiger partial charge in [-0.15, -0.1) is 12.4 Å². The monoisotopic (exact) mass is 268 g/mol. The zero-order valence-corrected chi connectivity index (χ0v) is 11.2. The largest absolute Gasteiger partial charge is 0.324 e. The summed E-state index contributed by atoms with van der Waals surface area (Å²) in [5.41, 5.74) is 2.80. The summed E-state index contributed by atoms with van der Waals surface area (Å²) in [5.74, 6) is -0.000830. The van der Waals surface area contributed by atoms with Crippen LogP contribution in [-0.4, -0.2) is 29.7 Å². The number of amides is 1. The number of nitrogens with one attached hydrogen (secondary N) is 3. The molecule has 0 atom stereocenters. The molecule has 1 amide bonds. The maximum atomic E-state index is 11.6. The van der Waals surface area contributed by atoms with E-state index in [4.69, 9.17) is 0 Å². The fraction of sp³-hybridized carbons (Fsp3) is 0.333. The Labute approximate surface area is 112 Å². The fourth-order valence-electron chi connectivity index (χ4n) is 1.73. The van der Waals surface area contributed by atoms with Gasteiger partial charge in [-0.3, -0.25) is 9.89 Å². The van der Waals surface area contributed by atoms with Crippen molar-refractivity contribution in [1.29, 1.82) is 0 Å². The van der Waals surface area contributed by atoms with Crippen LogP contribution in [0.5, 0.6) is 0 Å². The number of halogens is 1. The molecule has 0 aliphatic heterocycles. The summed E-state index contributed by atoms with van der Waals surface area (Å²) in [6.07, 6.45) is 2.23. The Kier molecular flexibility index (Phi) is 5.12. The third-order valence-electron chi connectivity index (χ3n) is 2.71. The Balaban J connectivity index is 0.00000162. The van der Waals surface area contributed by atoms with E-state index in [9.17, 15) is 4.79 Å². The third kappa shape index (κ3) is 3.00. The number of carbonyl (C=O) groups is 1. The van der Waals surface area contributed by atoms with Gasteiger partial charge in [-0.1, -0.05) is 6.07 Å². The second kappa shape index (κ2) is 6.37. The van der Waals surface area contributed by atoms with Crippen LogP contribution >= 0.6 is 12.4 Å². The summed E-state index contributed by atoms with van der Waals surface area (Å²) < 4.78 is 0. The molecule has 0 fully saturated rings. The molecule has 0 saturated heterocycles. The van der Waals surface area contributed by atoms with E-state index in [2.05, 4.69) is 20.8 Å². The van der Waals surface area contributed by atoms with Crippen LogP contribution in [0.1, 0.15) is 12.0 Å². The molecule has 1 aromatic carbocycles. The van der Waals surface area contributed by atoms with E-state index in [1.54, 1.807) is 6.20 Å². The van der Waals surface area contributed by atoms with Crippen LogP contribution in [0.3, 0.4) is 0 Å². The molecule has 0 saturated carbocycles. The highest BCUT2D eigenvalue weighted by Crippen LogP contribution is 2.23. The molecule has 0 radical (unpaired) electrons. The van der Waals surface area contributed by atoms with E-state index in [0.717, 1.165) is 22.2 Å².